The maximum Gasteiger partial charge on any atom is 0.456 e. The van der Waals surface area contributed by atoms with Gasteiger partial charge in [0.05, 0.1) is 6.61 Å². The van der Waals surface area contributed by atoms with Crippen LogP contribution in [0.5, 0.6) is 0 Å². The SMILES string of the molecule is CCOC(=O)C(=N)C(=O)C(F)(F)F. The van der Waals surface area contributed by atoms with Crippen LogP contribution in [0.4, 0.5) is 13.2 Å². The summed E-state index contributed by atoms with van der Waals surface area (Å²) < 4.78 is 38.8. The Morgan fingerprint density at radius 3 is 2.15 bits per heavy atom. The Labute approximate surface area is 71.2 Å². The van der Waals surface area contributed by atoms with Crippen molar-refractivity contribution in [2.45, 2.75) is 13.1 Å². The number of carbonyl (C=O) groups is 2. The molecule has 0 aliphatic rings. The number of nitrogens with one attached hydrogen (secondary N) is 1. The standard InChI is InChI=1S/C6H6F3NO3/c1-2-13-5(12)3(10)4(11)6(7,8)9/h10H,2H2,1H3. The van der Waals surface area contributed by atoms with Gasteiger partial charge in [-0.25, -0.2) is 4.79 Å². The third-order valence-corrected chi connectivity index (χ3v) is 0.964. The minimum atomic E-state index is -5.20. The van der Waals surface area contributed by atoms with Crippen LogP contribution in [-0.4, -0.2) is 30.2 Å². The molecule has 0 fully saturated rings. The summed E-state index contributed by atoms with van der Waals surface area (Å²) >= 11 is 0. The van der Waals surface area contributed by atoms with Gasteiger partial charge in [-0.1, -0.05) is 0 Å². The largest absolute Gasteiger partial charge is 0.461 e. The fraction of sp³-hybridized carbons (Fsp3) is 0.500. The Kier molecular flexibility index (Phi) is 3.58. The molecule has 0 unspecified atom stereocenters. The lowest BCUT2D eigenvalue weighted by Gasteiger charge is -2.04. The van der Waals surface area contributed by atoms with Gasteiger partial charge in [0.2, 0.25) is 0 Å². The molecule has 13 heavy (non-hydrogen) atoms. The number of halogens is 3. The molecular formula is C6H6F3NO3. The molecule has 0 saturated carbocycles. The summed E-state index contributed by atoms with van der Waals surface area (Å²) in [6, 6.07) is 0. The molecule has 0 bridgehead atoms. The normalized spacial score (nSPS) is 10.8. The fourth-order valence-electron chi connectivity index (χ4n) is 0.438. The minimum Gasteiger partial charge on any atom is -0.461 e. The van der Waals surface area contributed by atoms with Crippen molar-refractivity contribution in [3.8, 4) is 0 Å². The number of ether oxygens (including phenoxy) is 1. The van der Waals surface area contributed by atoms with Gasteiger partial charge in [-0.2, -0.15) is 13.2 Å². The first kappa shape index (κ1) is 11.6. The summed E-state index contributed by atoms with van der Waals surface area (Å²) in [5.41, 5.74) is -1.70. The Hall–Kier alpha value is -1.40. The van der Waals surface area contributed by atoms with Crippen molar-refractivity contribution in [3.63, 3.8) is 0 Å². The van der Waals surface area contributed by atoms with Crippen molar-refractivity contribution in [1.29, 1.82) is 5.41 Å². The van der Waals surface area contributed by atoms with Gasteiger partial charge in [0.1, 0.15) is 0 Å². The number of alkyl halides is 3. The fourth-order valence-corrected chi connectivity index (χ4v) is 0.438. The number of rotatable bonds is 3. The molecule has 0 aliphatic heterocycles. The van der Waals surface area contributed by atoms with E-state index in [1.54, 1.807) is 0 Å². The summed E-state index contributed by atoms with van der Waals surface area (Å²) in [6.45, 7) is 1.16. The minimum absolute atomic E-state index is 0.188. The van der Waals surface area contributed by atoms with Gasteiger partial charge < -0.3 is 4.74 Å². The molecule has 0 aromatic rings. The highest BCUT2D eigenvalue weighted by atomic mass is 19.4. The monoisotopic (exact) mass is 197 g/mol. The van der Waals surface area contributed by atoms with Crippen LogP contribution >= 0.6 is 0 Å². The average molecular weight is 197 g/mol. The maximum atomic E-state index is 11.6. The molecule has 0 atom stereocenters. The molecule has 0 saturated heterocycles. The van der Waals surface area contributed by atoms with Crippen LogP contribution in [0.15, 0.2) is 0 Å². The van der Waals surface area contributed by atoms with E-state index in [1.165, 1.54) is 6.92 Å². The number of esters is 1. The number of Topliss-reactive ketones (excluding diaryl/α,β-unsaturated/α-hetero) is 1. The van der Waals surface area contributed by atoms with Gasteiger partial charge in [-0.05, 0) is 6.92 Å². The van der Waals surface area contributed by atoms with E-state index in [1.807, 2.05) is 0 Å². The zero-order chi connectivity index (χ0) is 10.6. The number of ketones is 1. The van der Waals surface area contributed by atoms with Crippen LogP contribution < -0.4 is 0 Å². The lowest BCUT2D eigenvalue weighted by atomic mass is 10.2. The van der Waals surface area contributed by atoms with Crippen molar-refractivity contribution in [1.82, 2.24) is 0 Å². The summed E-state index contributed by atoms with van der Waals surface area (Å²) in [4.78, 5) is 20.7. The summed E-state index contributed by atoms with van der Waals surface area (Å²) in [6.07, 6.45) is -5.20. The van der Waals surface area contributed by atoms with Gasteiger partial charge in [0, 0.05) is 0 Å². The predicted molar refractivity (Wildman–Crippen MR) is 35.4 cm³/mol. The van der Waals surface area contributed by atoms with Crippen LogP contribution in [0, 0.1) is 5.41 Å². The lowest BCUT2D eigenvalue weighted by molar-refractivity contribution is -0.164. The molecule has 0 rings (SSSR count). The first-order valence-electron chi connectivity index (χ1n) is 3.18. The van der Waals surface area contributed by atoms with Crippen LogP contribution in [0.3, 0.4) is 0 Å². The molecule has 0 spiro atoms. The Morgan fingerprint density at radius 2 is 1.85 bits per heavy atom. The lowest BCUT2D eigenvalue weighted by Crippen LogP contribution is -2.36. The molecule has 7 heteroatoms. The summed E-state index contributed by atoms with van der Waals surface area (Å²) in [7, 11) is 0. The summed E-state index contributed by atoms with van der Waals surface area (Å²) in [5, 5.41) is 6.52. The highest BCUT2D eigenvalue weighted by Gasteiger charge is 2.43. The van der Waals surface area contributed by atoms with E-state index in [0.717, 1.165) is 0 Å². The van der Waals surface area contributed by atoms with Crippen LogP contribution in [0.1, 0.15) is 6.92 Å². The van der Waals surface area contributed by atoms with Crippen LogP contribution in [-0.2, 0) is 14.3 Å². The molecule has 0 amide bonds. The third-order valence-electron chi connectivity index (χ3n) is 0.964. The van der Waals surface area contributed by atoms with Gasteiger partial charge in [0.15, 0.2) is 5.71 Å². The predicted octanol–water partition coefficient (Wildman–Crippen LogP) is 0.701. The number of carbonyl (C=O) groups excluding carboxylic acids is 2. The maximum absolute atomic E-state index is 11.6. The molecule has 0 heterocycles. The second-order valence-electron chi connectivity index (χ2n) is 1.92. The van der Waals surface area contributed by atoms with Crippen molar-refractivity contribution in [2.75, 3.05) is 6.61 Å². The second-order valence-corrected chi connectivity index (χ2v) is 1.92. The molecule has 0 radical (unpaired) electrons. The van der Waals surface area contributed by atoms with Gasteiger partial charge in [-0.15, -0.1) is 0 Å². The van der Waals surface area contributed by atoms with E-state index in [9.17, 15) is 22.8 Å². The molecule has 4 nitrogen and oxygen atoms in total. The van der Waals surface area contributed by atoms with Gasteiger partial charge in [0.25, 0.3) is 5.78 Å². The van der Waals surface area contributed by atoms with E-state index in [-0.39, 0.29) is 6.61 Å². The van der Waals surface area contributed by atoms with E-state index < -0.39 is 23.6 Å². The van der Waals surface area contributed by atoms with Gasteiger partial charge >= 0.3 is 12.1 Å². The van der Waals surface area contributed by atoms with E-state index in [2.05, 4.69) is 4.74 Å². The van der Waals surface area contributed by atoms with Crippen molar-refractivity contribution >= 4 is 17.5 Å². The van der Waals surface area contributed by atoms with Gasteiger partial charge in [-0.3, -0.25) is 10.2 Å². The first-order valence-corrected chi connectivity index (χ1v) is 3.18. The van der Waals surface area contributed by atoms with E-state index in [0.29, 0.717) is 0 Å². The molecule has 0 aromatic carbocycles. The number of hydrogen-bond acceptors (Lipinski definition) is 4. The topological polar surface area (TPSA) is 67.2 Å². The highest BCUT2D eigenvalue weighted by molar-refractivity contribution is 6.64. The van der Waals surface area contributed by atoms with Crippen molar-refractivity contribution in [3.05, 3.63) is 0 Å². The third kappa shape index (κ3) is 3.22. The number of hydrogen-bond donors (Lipinski definition) is 1. The molecule has 0 aliphatic carbocycles. The van der Waals surface area contributed by atoms with Crippen LogP contribution in [0.2, 0.25) is 0 Å². The van der Waals surface area contributed by atoms with Crippen molar-refractivity contribution in [2.24, 2.45) is 0 Å². The summed E-state index contributed by atoms with van der Waals surface area (Å²) in [5.74, 6) is -4.06. The molecule has 0 aromatic heterocycles. The van der Waals surface area contributed by atoms with Crippen LogP contribution in [0.25, 0.3) is 0 Å². The van der Waals surface area contributed by atoms with E-state index in [4.69, 9.17) is 5.41 Å². The zero-order valence-electron chi connectivity index (χ0n) is 6.57. The molecule has 1 N–H and O–H groups in total. The van der Waals surface area contributed by atoms with E-state index >= 15 is 0 Å². The molecular weight excluding hydrogens is 191 g/mol. The average Bonchev–Trinajstić information content (AvgIpc) is 2.00. The quantitative estimate of drug-likeness (QED) is 0.411. The smallest absolute Gasteiger partial charge is 0.456 e. The Balaban J connectivity index is 4.45. The van der Waals surface area contributed by atoms with Crippen molar-refractivity contribution < 1.29 is 27.5 Å². The first-order chi connectivity index (χ1) is 5.80. The Bertz CT molecular complexity index is 246. The highest BCUT2D eigenvalue weighted by Crippen LogP contribution is 2.16. The second kappa shape index (κ2) is 4.01. The zero-order valence-corrected chi connectivity index (χ0v) is 6.57. The Morgan fingerprint density at radius 1 is 1.38 bits per heavy atom. The molecule has 74 valence electrons.